The first-order valence-electron chi connectivity index (χ1n) is 5.40. The number of pyridine rings is 1. The summed E-state index contributed by atoms with van der Waals surface area (Å²) in [6.45, 7) is 1.61. The summed E-state index contributed by atoms with van der Waals surface area (Å²) < 4.78 is 17.5. The molecule has 6 nitrogen and oxygen atoms in total. The van der Waals surface area contributed by atoms with Gasteiger partial charge >= 0.3 is 6.09 Å². The Labute approximate surface area is 108 Å². The molecular weight excluding hydrogens is 251 g/mol. The van der Waals surface area contributed by atoms with Crippen LogP contribution in [0.1, 0.15) is 5.56 Å². The number of rotatable bonds is 2. The molecule has 2 aromatic heterocycles. The van der Waals surface area contributed by atoms with E-state index in [0.717, 1.165) is 0 Å². The number of carbonyl (C=O) groups excluding carboxylic acids is 1. The molecule has 0 atom stereocenters. The molecule has 0 unspecified atom stereocenters. The minimum Gasteiger partial charge on any atom is -0.453 e. The van der Waals surface area contributed by atoms with Gasteiger partial charge in [-0.25, -0.2) is 19.7 Å². The molecule has 0 saturated heterocycles. The number of nitrogens with zero attached hydrogens (tertiary/aromatic N) is 3. The lowest BCUT2D eigenvalue weighted by molar-refractivity contribution is 0.186. The van der Waals surface area contributed by atoms with Crippen LogP contribution in [0.25, 0.3) is 11.3 Å². The maximum absolute atomic E-state index is 13.1. The van der Waals surface area contributed by atoms with E-state index in [1.807, 2.05) is 0 Å². The Bertz CT molecular complexity index is 618. The Hall–Kier alpha value is -2.57. The Kier molecular flexibility index (Phi) is 3.65. The lowest BCUT2D eigenvalue weighted by Crippen LogP contribution is -2.13. The lowest BCUT2D eigenvalue weighted by Gasteiger charge is -2.05. The van der Waals surface area contributed by atoms with Crippen LogP contribution in [0, 0.1) is 12.9 Å². The van der Waals surface area contributed by atoms with Gasteiger partial charge in [-0.15, -0.1) is 0 Å². The number of amides is 1. The van der Waals surface area contributed by atoms with Crippen LogP contribution in [-0.4, -0.2) is 28.2 Å². The number of carbonyl (C=O) groups is 1. The summed E-state index contributed by atoms with van der Waals surface area (Å²) in [7, 11) is 1.24. The first-order chi connectivity index (χ1) is 9.10. The van der Waals surface area contributed by atoms with Crippen LogP contribution in [0.3, 0.4) is 0 Å². The van der Waals surface area contributed by atoms with Crippen molar-refractivity contribution in [3.8, 4) is 11.3 Å². The van der Waals surface area contributed by atoms with Crippen molar-refractivity contribution in [2.45, 2.75) is 6.92 Å². The van der Waals surface area contributed by atoms with E-state index in [-0.39, 0.29) is 5.95 Å². The van der Waals surface area contributed by atoms with E-state index in [1.54, 1.807) is 19.1 Å². The van der Waals surface area contributed by atoms with Gasteiger partial charge in [-0.3, -0.25) is 5.32 Å². The van der Waals surface area contributed by atoms with Gasteiger partial charge < -0.3 is 4.74 Å². The second kappa shape index (κ2) is 5.38. The van der Waals surface area contributed by atoms with Gasteiger partial charge in [0.15, 0.2) is 0 Å². The molecule has 0 fully saturated rings. The van der Waals surface area contributed by atoms with Gasteiger partial charge in [0.2, 0.25) is 11.9 Å². The van der Waals surface area contributed by atoms with Crippen molar-refractivity contribution in [3.63, 3.8) is 0 Å². The number of hydrogen-bond acceptors (Lipinski definition) is 5. The highest BCUT2D eigenvalue weighted by molar-refractivity contribution is 5.82. The Balaban J connectivity index is 2.32. The molecule has 0 aliphatic carbocycles. The maximum Gasteiger partial charge on any atom is 0.413 e. The Morgan fingerprint density at radius 3 is 2.89 bits per heavy atom. The molecule has 7 heteroatoms. The molecule has 0 aromatic carbocycles. The van der Waals surface area contributed by atoms with Crippen molar-refractivity contribution in [3.05, 3.63) is 36.0 Å². The van der Waals surface area contributed by atoms with Gasteiger partial charge in [-0.2, -0.15) is 4.39 Å². The number of anilines is 1. The summed E-state index contributed by atoms with van der Waals surface area (Å²) in [5.74, 6) is -0.419. The molecular formula is C12H11FN4O2. The molecule has 19 heavy (non-hydrogen) atoms. The molecule has 0 radical (unpaired) electrons. The van der Waals surface area contributed by atoms with Crippen molar-refractivity contribution >= 4 is 12.0 Å². The normalized spacial score (nSPS) is 10.1. The second-order valence-electron chi connectivity index (χ2n) is 3.71. The molecule has 2 rings (SSSR count). The number of aryl methyl sites for hydroxylation is 1. The maximum atomic E-state index is 13.1. The van der Waals surface area contributed by atoms with E-state index in [9.17, 15) is 9.18 Å². The number of nitrogens with one attached hydrogen (secondary N) is 1. The third-order valence-electron chi connectivity index (χ3n) is 2.36. The fourth-order valence-corrected chi connectivity index (χ4v) is 1.42. The highest BCUT2D eigenvalue weighted by Gasteiger charge is 2.07. The zero-order chi connectivity index (χ0) is 13.8. The smallest absolute Gasteiger partial charge is 0.413 e. The minimum absolute atomic E-state index is 0.103. The van der Waals surface area contributed by atoms with E-state index < -0.39 is 12.0 Å². The highest BCUT2D eigenvalue weighted by atomic mass is 19.1. The van der Waals surface area contributed by atoms with Gasteiger partial charge in [0.1, 0.15) is 0 Å². The van der Waals surface area contributed by atoms with E-state index in [1.165, 1.54) is 19.5 Å². The van der Waals surface area contributed by atoms with Crippen molar-refractivity contribution in [1.29, 1.82) is 0 Å². The average molecular weight is 262 g/mol. The topological polar surface area (TPSA) is 77.0 Å². The summed E-state index contributed by atoms with van der Waals surface area (Å²) in [5, 5.41) is 2.35. The van der Waals surface area contributed by atoms with Crippen LogP contribution in [0.2, 0.25) is 0 Å². The van der Waals surface area contributed by atoms with Gasteiger partial charge in [0, 0.05) is 23.5 Å². The quantitative estimate of drug-likeness (QED) is 0.839. The summed E-state index contributed by atoms with van der Waals surface area (Å²) in [6, 6.07) is 3.25. The van der Waals surface area contributed by atoms with Gasteiger partial charge in [-0.05, 0) is 19.1 Å². The summed E-state index contributed by atoms with van der Waals surface area (Å²) in [4.78, 5) is 22.7. The molecule has 1 N–H and O–H groups in total. The first kappa shape index (κ1) is 12.9. The predicted molar refractivity (Wildman–Crippen MR) is 66.0 cm³/mol. The number of methoxy groups -OCH3 is 1. The van der Waals surface area contributed by atoms with E-state index in [2.05, 4.69) is 25.0 Å². The fourth-order valence-electron chi connectivity index (χ4n) is 1.42. The first-order valence-corrected chi connectivity index (χ1v) is 5.40. The van der Waals surface area contributed by atoms with Gasteiger partial charge in [0.25, 0.3) is 0 Å². The average Bonchev–Trinajstić information content (AvgIpc) is 2.42. The molecule has 0 aliphatic heterocycles. The third-order valence-corrected chi connectivity index (χ3v) is 2.36. The van der Waals surface area contributed by atoms with E-state index in [4.69, 9.17) is 0 Å². The predicted octanol–water partition coefficient (Wildman–Crippen LogP) is 2.16. The zero-order valence-corrected chi connectivity index (χ0v) is 10.3. The molecule has 2 heterocycles. The zero-order valence-electron chi connectivity index (χ0n) is 10.3. The van der Waals surface area contributed by atoms with E-state index in [0.29, 0.717) is 16.8 Å². The molecule has 0 saturated carbocycles. The van der Waals surface area contributed by atoms with Crippen LogP contribution in [0.15, 0.2) is 24.5 Å². The summed E-state index contributed by atoms with van der Waals surface area (Å²) in [6.07, 6.45) is 2.18. The molecule has 0 aliphatic rings. The van der Waals surface area contributed by atoms with Crippen LogP contribution in [0.5, 0.6) is 0 Å². The standard InChI is InChI=1S/C12H11FN4O2/c1-7-5-8(6-15-10(7)13)9-3-4-14-11(16-9)17-12(18)19-2/h3-6H,1-2H3,(H,14,16,17,18). The summed E-state index contributed by atoms with van der Waals surface area (Å²) in [5.41, 5.74) is 1.57. The minimum atomic E-state index is -0.662. The molecule has 0 spiro atoms. The Morgan fingerprint density at radius 2 is 2.21 bits per heavy atom. The van der Waals surface area contributed by atoms with E-state index >= 15 is 0 Å². The van der Waals surface area contributed by atoms with Gasteiger partial charge in [0.05, 0.1) is 12.8 Å². The number of hydrogen-bond donors (Lipinski definition) is 1. The largest absolute Gasteiger partial charge is 0.453 e. The van der Waals surface area contributed by atoms with Crippen LogP contribution in [0.4, 0.5) is 15.1 Å². The number of ether oxygens (including phenoxy) is 1. The third kappa shape index (κ3) is 3.01. The molecule has 2 aromatic rings. The van der Waals surface area contributed by atoms with Crippen LogP contribution >= 0.6 is 0 Å². The second-order valence-corrected chi connectivity index (χ2v) is 3.71. The van der Waals surface area contributed by atoms with Crippen molar-refractivity contribution in [2.75, 3.05) is 12.4 Å². The Morgan fingerprint density at radius 1 is 1.42 bits per heavy atom. The highest BCUT2D eigenvalue weighted by Crippen LogP contribution is 2.18. The molecule has 98 valence electrons. The SMILES string of the molecule is COC(=O)Nc1nccc(-c2cnc(F)c(C)c2)n1. The van der Waals surface area contributed by atoms with Crippen molar-refractivity contribution < 1.29 is 13.9 Å². The van der Waals surface area contributed by atoms with Crippen molar-refractivity contribution in [1.82, 2.24) is 15.0 Å². The fraction of sp³-hybridized carbons (Fsp3) is 0.167. The monoisotopic (exact) mass is 262 g/mol. The summed E-state index contributed by atoms with van der Waals surface area (Å²) >= 11 is 0. The lowest BCUT2D eigenvalue weighted by atomic mass is 10.1. The molecule has 0 bridgehead atoms. The van der Waals surface area contributed by atoms with Crippen molar-refractivity contribution in [2.24, 2.45) is 0 Å². The number of aromatic nitrogens is 3. The van der Waals surface area contributed by atoms with Crippen LogP contribution < -0.4 is 5.32 Å². The number of halogens is 1. The van der Waals surface area contributed by atoms with Crippen LogP contribution in [-0.2, 0) is 4.74 Å². The molecule has 1 amide bonds. The van der Waals surface area contributed by atoms with Gasteiger partial charge in [-0.1, -0.05) is 0 Å².